The molecule has 0 radical (unpaired) electrons. The number of nitro groups is 1. The van der Waals surface area contributed by atoms with Crippen molar-refractivity contribution in [3.63, 3.8) is 0 Å². The van der Waals surface area contributed by atoms with Gasteiger partial charge in [-0.1, -0.05) is 24.3 Å². The summed E-state index contributed by atoms with van der Waals surface area (Å²) in [5, 5.41) is 16.0. The molecule has 2 aromatic carbocycles. The summed E-state index contributed by atoms with van der Waals surface area (Å²) < 4.78 is 10.3. The summed E-state index contributed by atoms with van der Waals surface area (Å²) in [6, 6.07) is 12.6. The molecule has 0 saturated carbocycles. The summed E-state index contributed by atoms with van der Waals surface area (Å²) in [6.07, 6.45) is 0.0425. The molecule has 0 bridgehead atoms. The number of carbonyl (C=O) groups excluding carboxylic acids is 2. The molecule has 0 saturated heterocycles. The molecule has 154 valence electrons. The number of nitrogens with zero attached hydrogens (tertiary/aromatic N) is 2. The fraction of sp³-hybridized carbons (Fsp3) is 0.150. The highest BCUT2D eigenvalue weighted by molar-refractivity contribution is 7.09. The minimum atomic E-state index is -0.814. The van der Waals surface area contributed by atoms with E-state index < -0.39 is 10.9 Å². The predicted molar refractivity (Wildman–Crippen MR) is 110 cm³/mol. The molecule has 30 heavy (non-hydrogen) atoms. The van der Waals surface area contributed by atoms with Crippen LogP contribution in [-0.4, -0.2) is 28.9 Å². The van der Waals surface area contributed by atoms with Gasteiger partial charge in [0.1, 0.15) is 22.9 Å². The van der Waals surface area contributed by atoms with E-state index in [-0.39, 0.29) is 30.2 Å². The average molecular weight is 427 g/mol. The highest BCUT2D eigenvalue weighted by Crippen LogP contribution is 2.23. The maximum atomic E-state index is 12.3. The van der Waals surface area contributed by atoms with Gasteiger partial charge >= 0.3 is 5.97 Å². The first-order chi connectivity index (χ1) is 14.5. The van der Waals surface area contributed by atoms with Crippen LogP contribution in [0.2, 0.25) is 0 Å². The van der Waals surface area contributed by atoms with Gasteiger partial charge < -0.3 is 14.8 Å². The Bertz CT molecular complexity index is 1080. The molecule has 10 heteroatoms. The van der Waals surface area contributed by atoms with Gasteiger partial charge in [0.15, 0.2) is 0 Å². The van der Waals surface area contributed by atoms with Crippen molar-refractivity contribution in [2.45, 2.75) is 13.0 Å². The van der Waals surface area contributed by atoms with E-state index in [0.29, 0.717) is 22.1 Å². The zero-order chi connectivity index (χ0) is 21.5. The van der Waals surface area contributed by atoms with Crippen LogP contribution in [0.25, 0.3) is 0 Å². The Morgan fingerprint density at radius 3 is 2.67 bits per heavy atom. The number of aromatic nitrogens is 1. The average Bonchev–Trinajstić information content (AvgIpc) is 3.19. The number of esters is 1. The van der Waals surface area contributed by atoms with Gasteiger partial charge in [-0.2, -0.15) is 0 Å². The number of hydrogen-bond donors (Lipinski definition) is 1. The van der Waals surface area contributed by atoms with Crippen molar-refractivity contribution < 1.29 is 24.0 Å². The lowest BCUT2D eigenvalue weighted by molar-refractivity contribution is -0.385. The molecular formula is C20H17N3O6S. The van der Waals surface area contributed by atoms with E-state index in [9.17, 15) is 19.7 Å². The largest absolute Gasteiger partial charge is 0.495 e. The summed E-state index contributed by atoms with van der Waals surface area (Å²) in [5.74, 6) is -0.532. The minimum absolute atomic E-state index is 0.0425. The van der Waals surface area contributed by atoms with E-state index in [1.165, 1.54) is 42.7 Å². The topological polar surface area (TPSA) is 121 Å². The van der Waals surface area contributed by atoms with E-state index in [2.05, 4.69) is 10.3 Å². The Hall–Kier alpha value is -3.79. The smallest absolute Gasteiger partial charge is 0.345 e. The Labute approximate surface area is 175 Å². The van der Waals surface area contributed by atoms with Crippen LogP contribution in [0.3, 0.4) is 0 Å². The summed E-state index contributed by atoms with van der Waals surface area (Å²) >= 11 is 1.25. The maximum absolute atomic E-state index is 12.3. The fourth-order valence-electron chi connectivity index (χ4n) is 2.60. The summed E-state index contributed by atoms with van der Waals surface area (Å²) in [5.41, 5.74) is 0.552. The van der Waals surface area contributed by atoms with Crippen LogP contribution in [0.5, 0.6) is 5.75 Å². The third kappa shape index (κ3) is 5.17. The number of para-hydroxylation sites is 3. The molecule has 0 spiro atoms. The molecule has 1 aromatic heterocycles. The van der Waals surface area contributed by atoms with Crippen molar-refractivity contribution in [1.29, 1.82) is 0 Å². The normalized spacial score (nSPS) is 10.3. The molecule has 3 aromatic rings. The van der Waals surface area contributed by atoms with Gasteiger partial charge in [0.25, 0.3) is 5.69 Å². The standard InChI is InChI=1S/C20H17N3O6S/c1-28-17-9-5-3-7-15(17)22-18(24)10-19-21-13(12-30-19)11-29-20(25)14-6-2-4-8-16(14)23(26)27/h2-9,12H,10-11H2,1H3,(H,22,24). The number of amides is 1. The highest BCUT2D eigenvalue weighted by atomic mass is 32.1. The lowest BCUT2D eigenvalue weighted by Crippen LogP contribution is -2.15. The van der Waals surface area contributed by atoms with Crippen LogP contribution in [-0.2, 0) is 22.6 Å². The van der Waals surface area contributed by atoms with Gasteiger partial charge in [-0.15, -0.1) is 11.3 Å². The van der Waals surface area contributed by atoms with E-state index in [1.54, 1.807) is 29.6 Å². The van der Waals surface area contributed by atoms with Crippen molar-refractivity contribution in [2.24, 2.45) is 0 Å². The SMILES string of the molecule is COc1ccccc1NC(=O)Cc1nc(COC(=O)c2ccccc2[N+](=O)[O-])cs1. The minimum Gasteiger partial charge on any atom is -0.495 e. The number of nitrogens with one attached hydrogen (secondary N) is 1. The molecule has 1 N–H and O–H groups in total. The number of rotatable bonds is 8. The number of thiazole rings is 1. The molecule has 1 amide bonds. The van der Waals surface area contributed by atoms with Gasteiger partial charge in [-0.05, 0) is 18.2 Å². The highest BCUT2D eigenvalue weighted by Gasteiger charge is 2.21. The molecule has 0 aliphatic carbocycles. The number of nitro benzene ring substituents is 1. The Balaban J connectivity index is 1.57. The Morgan fingerprint density at radius 1 is 1.17 bits per heavy atom. The van der Waals surface area contributed by atoms with E-state index in [1.807, 2.05) is 0 Å². The van der Waals surface area contributed by atoms with Gasteiger partial charge in [0.2, 0.25) is 5.91 Å². The fourth-order valence-corrected chi connectivity index (χ4v) is 3.38. The predicted octanol–water partition coefficient (Wildman–Crippen LogP) is 3.60. The summed E-state index contributed by atoms with van der Waals surface area (Å²) in [7, 11) is 1.52. The Kier molecular flexibility index (Phi) is 6.71. The van der Waals surface area contributed by atoms with Gasteiger partial charge in [-0.25, -0.2) is 9.78 Å². The van der Waals surface area contributed by atoms with Crippen molar-refractivity contribution in [1.82, 2.24) is 4.98 Å². The lowest BCUT2D eigenvalue weighted by Gasteiger charge is -2.08. The van der Waals surface area contributed by atoms with Crippen molar-refractivity contribution in [3.05, 3.63) is 80.3 Å². The summed E-state index contributed by atoms with van der Waals surface area (Å²) in [6.45, 7) is -0.157. The first kappa shape index (κ1) is 20.9. The molecule has 3 rings (SSSR count). The first-order valence-electron chi connectivity index (χ1n) is 8.74. The number of benzene rings is 2. The molecule has 0 atom stereocenters. The van der Waals surface area contributed by atoms with Gasteiger partial charge in [-0.3, -0.25) is 14.9 Å². The van der Waals surface area contributed by atoms with E-state index in [0.717, 1.165) is 0 Å². The monoisotopic (exact) mass is 427 g/mol. The number of carbonyl (C=O) groups is 2. The van der Waals surface area contributed by atoms with Crippen LogP contribution in [0.15, 0.2) is 53.9 Å². The number of hydrogen-bond acceptors (Lipinski definition) is 8. The van der Waals surface area contributed by atoms with Crippen LogP contribution in [0, 0.1) is 10.1 Å². The van der Waals surface area contributed by atoms with Crippen molar-refractivity contribution >= 4 is 34.6 Å². The molecular weight excluding hydrogens is 410 g/mol. The second kappa shape index (κ2) is 9.61. The van der Waals surface area contributed by atoms with Crippen LogP contribution >= 0.6 is 11.3 Å². The summed E-state index contributed by atoms with van der Waals surface area (Å²) in [4.78, 5) is 39.1. The van der Waals surface area contributed by atoms with E-state index in [4.69, 9.17) is 9.47 Å². The van der Waals surface area contributed by atoms with Gasteiger partial charge in [0.05, 0.1) is 29.8 Å². The quantitative estimate of drug-likeness (QED) is 0.331. The third-order valence-electron chi connectivity index (χ3n) is 3.96. The molecule has 0 aliphatic heterocycles. The number of methoxy groups -OCH3 is 1. The molecule has 9 nitrogen and oxygen atoms in total. The van der Waals surface area contributed by atoms with Gasteiger partial charge in [0, 0.05) is 11.4 Å². The second-order valence-corrected chi connectivity index (χ2v) is 6.95. The van der Waals surface area contributed by atoms with Crippen molar-refractivity contribution in [2.75, 3.05) is 12.4 Å². The molecule has 0 aliphatic rings. The van der Waals surface area contributed by atoms with E-state index >= 15 is 0 Å². The lowest BCUT2D eigenvalue weighted by atomic mass is 10.2. The zero-order valence-electron chi connectivity index (χ0n) is 15.9. The molecule has 0 unspecified atom stereocenters. The second-order valence-electron chi connectivity index (χ2n) is 6.01. The first-order valence-corrected chi connectivity index (χ1v) is 9.62. The van der Waals surface area contributed by atoms with Crippen LogP contribution in [0.1, 0.15) is 21.1 Å². The maximum Gasteiger partial charge on any atom is 0.345 e. The van der Waals surface area contributed by atoms with Crippen LogP contribution < -0.4 is 10.1 Å². The third-order valence-corrected chi connectivity index (χ3v) is 4.86. The molecule has 0 fully saturated rings. The van der Waals surface area contributed by atoms with Crippen molar-refractivity contribution in [3.8, 4) is 5.75 Å². The number of anilines is 1. The van der Waals surface area contributed by atoms with Crippen LogP contribution in [0.4, 0.5) is 11.4 Å². The Morgan fingerprint density at radius 2 is 1.90 bits per heavy atom. The number of ether oxygens (including phenoxy) is 2. The molecule has 1 heterocycles. The zero-order valence-corrected chi connectivity index (χ0v) is 16.7.